The van der Waals surface area contributed by atoms with E-state index >= 15 is 0 Å². The van der Waals surface area contributed by atoms with Crippen LogP contribution < -0.4 is 0 Å². The molecule has 1 heterocycles. The average molecular weight is 453 g/mol. The standard InChI is InChI=1S/C28H40N2O3/c1-10-20-19(6)29-30(9)23(20)26(32)33-24-16(3)14-28-18(5)13-17(4)27(7,8)22(25(28)31)12-15(2)11-21(24)28/h12,14,17-18,21-22,24H,10-11,13H2,1-9H3/t17-,18?,21+,22+,24-,28?/m0/s1. The number of allylic oxidation sites excluding steroid dienone is 3. The van der Waals surface area contributed by atoms with Crippen LogP contribution in [0.3, 0.4) is 0 Å². The van der Waals surface area contributed by atoms with Gasteiger partial charge in [0.25, 0.3) is 0 Å². The van der Waals surface area contributed by atoms with Crippen LogP contribution in [0.2, 0.25) is 0 Å². The van der Waals surface area contributed by atoms with E-state index in [9.17, 15) is 9.59 Å². The maximum atomic E-state index is 14.3. The van der Waals surface area contributed by atoms with Crippen molar-refractivity contribution in [3.05, 3.63) is 40.2 Å². The predicted octanol–water partition coefficient (Wildman–Crippen LogP) is 5.62. The zero-order valence-corrected chi connectivity index (χ0v) is 21.8. The Kier molecular flexibility index (Phi) is 5.78. The van der Waals surface area contributed by atoms with Gasteiger partial charge < -0.3 is 4.74 Å². The summed E-state index contributed by atoms with van der Waals surface area (Å²) in [6.45, 7) is 17.1. The molecule has 3 aliphatic rings. The van der Waals surface area contributed by atoms with Crippen LogP contribution in [0.1, 0.15) is 83.1 Å². The summed E-state index contributed by atoms with van der Waals surface area (Å²) in [7, 11) is 1.80. The van der Waals surface area contributed by atoms with Gasteiger partial charge in [0, 0.05) is 24.4 Å². The van der Waals surface area contributed by atoms with E-state index in [1.165, 1.54) is 5.57 Å². The van der Waals surface area contributed by atoms with Gasteiger partial charge in [-0.1, -0.05) is 52.3 Å². The Hall–Kier alpha value is -2.17. The van der Waals surface area contributed by atoms with Gasteiger partial charge in [-0.2, -0.15) is 5.10 Å². The molecule has 2 bridgehead atoms. The van der Waals surface area contributed by atoms with E-state index in [1.54, 1.807) is 11.7 Å². The Morgan fingerprint density at radius 2 is 1.88 bits per heavy atom. The largest absolute Gasteiger partial charge is 0.453 e. The number of hydrogen-bond acceptors (Lipinski definition) is 4. The molecule has 3 aliphatic carbocycles. The molecular weight excluding hydrogens is 412 g/mol. The summed E-state index contributed by atoms with van der Waals surface area (Å²) < 4.78 is 7.91. The lowest BCUT2D eigenvalue weighted by molar-refractivity contribution is -0.136. The lowest BCUT2D eigenvalue weighted by atomic mass is 9.63. The highest BCUT2D eigenvalue weighted by molar-refractivity contribution is 5.94. The molecule has 1 aromatic rings. The average Bonchev–Trinajstić information content (AvgIpc) is 3.12. The van der Waals surface area contributed by atoms with Crippen LogP contribution in [-0.2, 0) is 23.0 Å². The summed E-state index contributed by atoms with van der Waals surface area (Å²) in [5.41, 5.74) is 3.86. The number of aromatic nitrogens is 2. The summed E-state index contributed by atoms with van der Waals surface area (Å²) in [6, 6.07) is 0. The first-order valence-electron chi connectivity index (χ1n) is 12.5. The van der Waals surface area contributed by atoms with E-state index in [1.807, 2.05) is 20.8 Å². The minimum atomic E-state index is -0.591. The van der Waals surface area contributed by atoms with Gasteiger partial charge in [0.1, 0.15) is 11.8 Å². The van der Waals surface area contributed by atoms with Crippen LogP contribution in [0.5, 0.6) is 0 Å². The van der Waals surface area contributed by atoms with Gasteiger partial charge in [-0.25, -0.2) is 4.79 Å². The number of ketones is 1. The number of nitrogens with zero attached hydrogens (tertiary/aromatic N) is 2. The molecule has 0 saturated heterocycles. The van der Waals surface area contributed by atoms with Crippen molar-refractivity contribution in [3.8, 4) is 0 Å². The van der Waals surface area contributed by atoms with E-state index in [2.05, 4.69) is 51.9 Å². The van der Waals surface area contributed by atoms with Crippen molar-refractivity contribution < 1.29 is 14.3 Å². The van der Waals surface area contributed by atoms with Crippen LogP contribution >= 0.6 is 0 Å². The molecular formula is C28H40N2O3. The Labute approximate surface area is 198 Å². The Morgan fingerprint density at radius 3 is 2.52 bits per heavy atom. The third-order valence-electron chi connectivity index (χ3n) is 9.32. The lowest BCUT2D eigenvalue weighted by Gasteiger charge is -2.39. The number of esters is 1. The number of Topliss-reactive ketones (excluding diaryl/α,β-unsaturated/α-hetero) is 1. The minimum absolute atomic E-state index is 0.0642. The second-order valence-electron chi connectivity index (χ2n) is 11.6. The molecule has 0 radical (unpaired) electrons. The van der Waals surface area contributed by atoms with Gasteiger partial charge in [-0.3, -0.25) is 9.48 Å². The third kappa shape index (κ3) is 3.37. The number of carbonyl (C=O) groups is 2. The Morgan fingerprint density at radius 1 is 1.21 bits per heavy atom. The number of aryl methyl sites for hydroxylation is 2. The van der Waals surface area contributed by atoms with Gasteiger partial charge in [0.15, 0.2) is 5.78 Å². The van der Waals surface area contributed by atoms with Crippen molar-refractivity contribution in [2.75, 3.05) is 0 Å². The fraction of sp³-hybridized carbons (Fsp3) is 0.679. The maximum absolute atomic E-state index is 14.3. The molecule has 0 amide bonds. The first-order chi connectivity index (χ1) is 15.4. The zero-order valence-electron chi connectivity index (χ0n) is 21.8. The molecule has 0 aliphatic heterocycles. The first-order valence-corrected chi connectivity index (χ1v) is 12.5. The van der Waals surface area contributed by atoms with Gasteiger partial charge in [0.2, 0.25) is 0 Å². The maximum Gasteiger partial charge on any atom is 0.357 e. The van der Waals surface area contributed by atoms with Gasteiger partial charge >= 0.3 is 5.97 Å². The van der Waals surface area contributed by atoms with Crippen molar-refractivity contribution in [2.45, 2.75) is 80.8 Å². The predicted molar refractivity (Wildman–Crippen MR) is 130 cm³/mol. The van der Waals surface area contributed by atoms with E-state index in [0.29, 0.717) is 17.4 Å². The highest BCUT2D eigenvalue weighted by Gasteiger charge is 2.62. The van der Waals surface area contributed by atoms with Crippen LogP contribution in [0.25, 0.3) is 0 Å². The van der Waals surface area contributed by atoms with Gasteiger partial charge in [-0.15, -0.1) is 0 Å². The van der Waals surface area contributed by atoms with Crippen LogP contribution in [0, 0.1) is 41.4 Å². The normalized spacial score (nSPS) is 35.3. The zero-order chi connectivity index (χ0) is 24.5. The number of fused-ring (bicyclic) bond motifs is 1. The van der Waals surface area contributed by atoms with Crippen LogP contribution in [0.4, 0.5) is 0 Å². The highest BCUT2D eigenvalue weighted by Crippen LogP contribution is 2.60. The number of carbonyl (C=O) groups excluding carboxylic acids is 2. The van der Waals surface area contributed by atoms with Crippen molar-refractivity contribution in [1.82, 2.24) is 9.78 Å². The van der Waals surface area contributed by atoms with E-state index in [0.717, 1.165) is 36.1 Å². The Bertz CT molecular complexity index is 1060. The van der Waals surface area contributed by atoms with E-state index in [-0.39, 0.29) is 29.1 Å². The summed E-state index contributed by atoms with van der Waals surface area (Å²) in [4.78, 5) is 27.8. The molecule has 2 unspecified atom stereocenters. The van der Waals surface area contributed by atoms with E-state index in [4.69, 9.17) is 4.74 Å². The van der Waals surface area contributed by atoms with Crippen LogP contribution in [0.15, 0.2) is 23.3 Å². The van der Waals surface area contributed by atoms with Crippen molar-refractivity contribution in [1.29, 1.82) is 0 Å². The van der Waals surface area contributed by atoms with Crippen molar-refractivity contribution in [3.63, 3.8) is 0 Å². The molecule has 1 spiro atoms. The molecule has 5 heteroatoms. The SMILES string of the molecule is CCc1c(C)nn(C)c1C(=O)O[C@H]1C(C)=CC23C(=O)[C@@H](C=C(C)C[C@H]12)C(C)(C)[C@@H](C)CC3C. The molecule has 0 N–H and O–H groups in total. The van der Waals surface area contributed by atoms with E-state index < -0.39 is 11.5 Å². The fourth-order valence-corrected chi connectivity index (χ4v) is 7.07. The third-order valence-corrected chi connectivity index (χ3v) is 9.32. The summed E-state index contributed by atoms with van der Waals surface area (Å²) >= 11 is 0. The smallest absolute Gasteiger partial charge is 0.357 e. The molecule has 5 nitrogen and oxygen atoms in total. The Balaban J connectivity index is 1.77. The summed E-state index contributed by atoms with van der Waals surface area (Å²) in [5, 5.41) is 4.45. The van der Waals surface area contributed by atoms with Gasteiger partial charge in [0.05, 0.1) is 11.1 Å². The molecule has 6 atom stereocenters. The van der Waals surface area contributed by atoms with Gasteiger partial charge in [-0.05, 0) is 62.9 Å². The highest BCUT2D eigenvalue weighted by atomic mass is 16.5. The monoisotopic (exact) mass is 452 g/mol. The fourth-order valence-electron chi connectivity index (χ4n) is 7.07. The topological polar surface area (TPSA) is 61.2 Å². The lowest BCUT2D eigenvalue weighted by Crippen LogP contribution is -2.46. The molecule has 4 rings (SSSR count). The summed E-state index contributed by atoms with van der Waals surface area (Å²) in [5.74, 6) is 0.406. The number of hydrogen-bond donors (Lipinski definition) is 0. The summed E-state index contributed by atoms with van der Waals surface area (Å²) in [6.07, 6.45) is 6.49. The second kappa shape index (κ2) is 7.95. The van der Waals surface area contributed by atoms with Crippen molar-refractivity contribution >= 4 is 11.8 Å². The second-order valence-corrected chi connectivity index (χ2v) is 11.6. The molecule has 0 aromatic carbocycles. The minimum Gasteiger partial charge on any atom is -0.453 e. The van der Waals surface area contributed by atoms with Crippen molar-refractivity contribution in [2.24, 2.45) is 41.5 Å². The molecule has 1 fully saturated rings. The quantitative estimate of drug-likeness (QED) is 0.441. The molecule has 1 saturated carbocycles. The first kappa shape index (κ1) is 24.0. The number of rotatable bonds is 3. The molecule has 33 heavy (non-hydrogen) atoms. The molecule has 1 aromatic heterocycles. The van der Waals surface area contributed by atoms with Crippen LogP contribution in [-0.4, -0.2) is 27.6 Å². The number of ether oxygens (including phenoxy) is 1. The molecule has 180 valence electrons.